The number of alkyl halides is 6. The summed E-state index contributed by atoms with van der Waals surface area (Å²) in [4.78, 5) is 25.3. The third-order valence-corrected chi connectivity index (χ3v) is 6.88. The maximum atomic E-state index is 13.5. The van der Waals surface area contributed by atoms with Gasteiger partial charge in [-0.15, -0.1) is 0 Å². The Bertz CT molecular complexity index is 1540. The van der Waals surface area contributed by atoms with Crippen molar-refractivity contribution >= 4 is 35.0 Å². The van der Waals surface area contributed by atoms with Gasteiger partial charge in [0.25, 0.3) is 0 Å². The van der Waals surface area contributed by atoms with E-state index in [0.717, 1.165) is 42.9 Å². The van der Waals surface area contributed by atoms with Crippen molar-refractivity contribution in [1.82, 2.24) is 0 Å². The average molecular weight is 615 g/mol. The van der Waals surface area contributed by atoms with Gasteiger partial charge in [-0.1, -0.05) is 60.7 Å². The number of benzene rings is 3. The minimum Gasteiger partial charge on any atom is -0.478 e. The molecule has 0 heterocycles. The smallest absolute Gasteiger partial charge is 0.416 e. The Kier molecular flexibility index (Phi) is 9.97. The fourth-order valence-electron chi connectivity index (χ4n) is 4.68. The van der Waals surface area contributed by atoms with Gasteiger partial charge in [0.1, 0.15) is 0 Å². The van der Waals surface area contributed by atoms with Gasteiger partial charge in [-0.25, -0.2) is 9.59 Å². The number of nitrogens with one attached hydrogen (secondary N) is 1. The lowest BCUT2D eigenvalue weighted by atomic mass is 9.93. The number of carbonyl (C=O) groups is 2. The molecule has 5 nitrogen and oxygen atoms in total. The molecule has 0 saturated carbocycles. The standard InChI is InChI=1S/C33H28F6N2O3/c34-32(35,36)26-18-27(33(37,38)39)20-28(19-26)40-31(44)41(29-16-14-25(15-17-29)24-7-2-1-3-8-24)21-23-12-10-22(11-13-23)6-4-5-9-30(42)43/h4-7,9-20H,1-3,8,21H2,(H,40,44)(H,42,43). The van der Waals surface area contributed by atoms with Gasteiger partial charge < -0.3 is 10.4 Å². The van der Waals surface area contributed by atoms with Crippen molar-refractivity contribution in [1.29, 1.82) is 0 Å². The van der Waals surface area contributed by atoms with Crippen molar-refractivity contribution < 1.29 is 41.0 Å². The molecule has 0 unspecified atom stereocenters. The Hall–Kier alpha value is -4.80. The maximum Gasteiger partial charge on any atom is 0.416 e. The first-order valence-electron chi connectivity index (χ1n) is 13.6. The molecular weight excluding hydrogens is 586 g/mol. The van der Waals surface area contributed by atoms with E-state index in [1.807, 2.05) is 12.1 Å². The van der Waals surface area contributed by atoms with Crippen molar-refractivity contribution in [2.24, 2.45) is 0 Å². The van der Waals surface area contributed by atoms with Crippen molar-refractivity contribution in [2.45, 2.75) is 44.6 Å². The minimum absolute atomic E-state index is 0.000436. The monoisotopic (exact) mass is 614 g/mol. The lowest BCUT2D eigenvalue weighted by Gasteiger charge is -2.25. The lowest BCUT2D eigenvalue weighted by molar-refractivity contribution is -0.143. The zero-order valence-electron chi connectivity index (χ0n) is 23.3. The number of carboxylic acid groups (broad SMARTS) is 1. The molecule has 3 aromatic carbocycles. The summed E-state index contributed by atoms with van der Waals surface area (Å²) in [5, 5.41) is 10.9. The molecule has 0 saturated heterocycles. The molecule has 0 aromatic heterocycles. The lowest BCUT2D eigenvalue weighted by Crippen LogP contribution is -2.34. The zero-order chi connectivity index (χ0) is 31.9. The fourth-order valence-corrected chi connectivity index (χ4v) is 4.68. The molecule has 4 rings (SSSR count). The molecule has 1 aliphatic rings. The van der Waals surface area contributed by atoms with Crippen LogP contribution in [0.15, 0.2) is 91.0 Å². The number of anilines is 2. The number of carbonyl (C=O) groups excluding carboxylic acids is 1. The summed E-state index contributed by atoms with van der Waals surface area (Å²) in [5.74, 6) is -1.09. The Morgan fingerprint density at radius 1 is 0.841 bits per heavy atom. The molecule has 0 aliphatic heterocycles. The third kappa shape index (κ3) is 8.85. The highest BCUT2D eigenvalue weighted by Crippen LogP contribution is 2.38. The molecule has 0 fully saturated rings. The van der Waals surface area contributed by atoms with Crippen molar-refractivity contribution in [3.8, 4) is 0 Å². The highest BCUT2D eigenvalue weighted by atomic mass is 19.4. The van der Waals surface area contributed by atoms with Gasteiger partial charge in [0.15, 0.2) is 0 Å². The zero-order valence-corrected chi connectivity index (χ0v) is 23.3. The first-order chi connectivity index (χ1) is 20.8. The second-order valence-corrected chi connectivity index (χ2v) is 10.1. The fraction of sp³-hybridized carbons (Fsp3) is 0.212. The first-order valence-corrected chi connectivity index (χ1v) is 13.6. The van der Waals surface area contributed by atoms with Crippen LogP contribution in [-0.4, -0.2) is 17.1 Å². The van der Waals surface area contributed by atoms with E-state index in [1.54, 1.807) is 42.5 Å². The molecular formula is C33H28F6N2O3. The normalized spacial score (nSPS) is 14.1. The van der Waals surface area contributed by atoms with E-state index >= 15 is 0 Å². The van der Waals surface area contributed by atoms with Crippen LogP contribution in [0.5, 0.6) is 0 Å². The van der Waals surface area contributed by atoms with Crippen LogP contribution in [0.4, 0.5) is 42.5 Å². The molecule has 44 heavy (non-hydrogen) atoms. The Balaban J connectivity index is 1.64. The molecule has 11 heteroatoms. The molecule has 0 radical (unpaired) electrons. The van der Waals surface area contributed by atoms with Crippen LogP contribution in [0.3, 0.4) is 0 Å². The molecule has 3 aromatic rings. The number of urea groups is 1. The molecule has 1 aliphatic carbocycles. The summed E-state index contributed by atoms with van der Waals surface area (Å²) in [6.45, 7) is -0.0537. The van der Waals surface area contributed by atoms with Gasteiger partial charge in [-0.2, -0.15) is 26.3 Å². The summed E-state index contributed by atoms with van der Waals surface area (Å²) in [5.41, 5.74) is 0.140. The van der Waals surface area contributed by atoms with Crippen LogP contribution in [0.25, 0.3) is 11.6 Å². The molecule has 2 N–H and O–H groups in total. The Morgan fingerprint density at radius 2 is 1.48 bits per heavy atom. The average Bonchev–Trinajstić information content (AvgIpc) is 2.98. The molecule has 230 valence electrons. The second kappa shape index (κ2) is 13.7. The van der Waals surface area contributed by atoms with Crippen LogP contribution in [-0.2, 0) is 23.7 Å². The summed E-state index contributed by atoms with van der Waals surface area (Å²) in [6, 6.07) is 13.9. The van der Waals surface area contributed by atoms with Crippen molar-refractivity contribution in [3.05, 3.63) is 119 Å². The summed E-state index contributed by atoms with van der Waals surface area (Å²) in [7, 11) is 0. The number of hydrogen-bond donors (Lipinski definition) is 2. The van der Waals surface area contributed by atoms with Crippen LogP contribution in [0.2, 0.25) is 0 Å². The van der Waals surface area contributed by atoms with Crippen LogP contribution in [0.1, 0.15) is 53.5 Å². The van der Waals surface area contributed by atoms with E-state index < -0.39 is 41.2 Å². The quantitative estimate of drug-likeness (QED) is 0.151. The van der Waals surface area contributed by atoms with Gasteiger partial charge in [0.2, 0.25) is 0 Å². The number of carboxylic acids is 1. The molecule has 0 atom stereocenters. The number of hydrogen-bond acceptors (Lipinski definition) is 2. The second-order valence-electron chi connectivity index (χ2n) is 10.1. The largest absolute Gasteiger partial charge is 0.478 e. The van der Waals surface area contributed by atoms with Gasteiger partial charge >= 0.3 is 24.4 Å². The summed E-state index contributed by atoms with van der Waals surface area (Å²) >= 11 is 0. The Morgan fingerprint density at radius 3 is 2.02 bits per heavy atom. The van der Waals surface area contributed by atoms with E-state index in [-0.39, 0.29) is 12.6 Å². The predicted octanol–water partition coefficient (Wildman–Crippen LogP) is 9.57. The van der Waals surface area contributed by atoms with Crippen molar-refractivity contribution in [3.63, 3.8) is 0 Å². The number of amides is 2. The topological polar surface area (TPSA) is 69.6 Å². The highest BCUT2D eigenvalue weighted by molar-refractivity contribution is 6.02. The van der Waals surface area contributed by atoms with Gasteiger partial charge in [0.05, 0.1) is 17.7 Å². The van der Waals surface area contributed by atoms with Crippen LogP contribution >= 0.6 is 0 Å². The van der Waals surface area contributed by atoms with E-state index in [9.17, 15) is 35.9 Å². The summed E-state index contributed by atoms with van der Waals surface area (Å²) < 4.78 is 80.5. The minimum atomic E-state index is -5.07. The highest BCUT2D eigenvalue weighted by Gasteiger charge is 2.37. The maximum absolute atomic E-state index is 13.5. The number of allylic oxidation sites excluding steroid dienone is 4. The van der Waals surface area contributed by atoms with Gasteiger partial charge in [-0.05, 0) is 78.3 Å². The first kappa shape index (κ1) is 32.1. The van der Waals surface area contributed by atoms with E-state index in [1.165, 1.54) is 22.6 Å². The summed E-state index contributed by atoms with van der Waals surface area (Å²) in [6.07, 6.45) is 1.59. The number of rotatable bonds is 8. The molecule has 2 amide bonds. The van der Waals surface area contributed by atoms with Crippen LogP contribution < -0.4 is 10.2 Å². The SMILES string of the molecule is O=C(O)C=CC=Cc1ccc(CN(C(=O)Nc2cc(C(F)(F)F)cc(C(F)(F)F)c2)c2ccc(C3=CCCCC3)cc2)cc1. The third-order valence-electron chi connectivity index (χ3n) is 6.88. The molecule has 0 bridgehead atoms. The number of halogens is 6. The predicted molar refractivity (Wildman–Crippen MR) is 157 cm³/mol. The van der Waals surface area contributed by atoms with Gasteiger partial charge in [0, 0.05) is 17.5 Å². The number of nitrogens with zero attached hydrogens (tertiary/aromatic N) is 1. The van der Waals surface area contributed by atoms with E-state index in [4.69, 9.17) is 5.11 Å². The van der Waals surface area contributed by atoms with E-state index in [0.29, 0.717) is 23.4 Å². The van der Waals surface area contributed by atoms with Crippen LogP contribution in [0, 0.1) is 0 Å². The molecule has 0 spiro atoms. The van der Waals surface area contributed by atoms with E-state index in [2.05, 4.69) is 11.4 Å². The number of aliphatic carboxylic acids is 1. The van der Waals surface area contributed by atoms with Gasteiger partial charge in [-0.3, -0.25) is 4.90 Å². The van der Waals surface area contributed by atoms with Crippen molar-refractivity contribution in [2.75, 3.05) is 10.2 Å². The Labute approximate surface area is 249 Å².